The van der Waals surface area contributed by atoms with Gasteiger partial charge in [0.25, 0.3) is 11.8 Å². The van der Waals surface area contributed by atoms with E-state index in [4.69, 9.17) is 11.6 Å². The van der Waals surface area contributed by atoms with Gasteiger partial charge in [0.15, 0.2) is 23.3 Å². The number of rotatable bonds is 7. The van der Waals surface area contributed by atoms with Gasteiger partial charge in [0, 0.05) is 12.1 Å². The average Bonchev–Trinajstić information content (AvgIpc) is 2.82. The lowest BCUT2D eigenvalue weighted by Gasteiger charge is -2.16. The van der Waals surface area contributed by atoms with Crippen LogP contribution >= 0.6 is 11.6 Å². The molecule has 3 aromatic rings. The van der Waals surface area contributed by atoms with Crippen molar-refractivity contribution in [1.29, 1.82) is 0 Å². The molecule has 2 amide bonds. The fraction of sp³-hybridized carbons (Fsp3) is 0.125. The highest BCUT2D eigenvalue weighted by atomic mass is 35.5. The van der Waals surface area contributed by atoms with Crippen LogP contribution in [0.4, 0.5) is 27.6 Å². The van der Waals surface area contributed by atoms with E-state index in [1.54, 1.807) is 19.1 Å². The molecule has 0 saturated heterocycles. The van der Waals surface area contributed by atoms with Gasteiger partial charge in [-0.2, -0.15) is 0 Å². The topological polar surface area (TPSA) is 95.5 Å². The van der Waals surface area contributed by atoms with Crippen LogP contribution in [0.15, 0.2) is 42.5 Å². The van der Waals surface area contributed by atoms with Crippen LogP contribution in [0.2, 0.25) is 5.02 Å². The van der Waals surface area contributed by atoms with Crippen LogP contribution in [0, 0.1) is 36.0 Å². The van der Waals surface area contributed by atoms with Gasteiger partial charge in [0.2, 0.25) is 5.82 Å². The number of carbonyl (C=O) groups is 3. The molecule has 0 fully saturated rings. The van der Waals surface area contributed by atoms with Crippen molar-refractivity contribution in [3.8, 4) is 0 Å². The molecule has 6 nitrogen and oxygen atoms in total. The molecule has 36 heavy (non-hydrogen) atoms. The standard InChI is InChI=1S/C24H16ClF5N2O4/c1-10-3-2-4-13(25)15(10)22(33)32-14(24(35)36)9-11-5-7-12(8-6-11)31-23(34)16-17(26)19(28)21(30)20(29)18(16)27/h2-8,14H,9H2,1H3,(H,31,34)(H,32,33)(H,35,36). The first-order chi connectivity index (χ1) is 16.9. The van der Waals surface area contributed by atoms with Gasteiger partial charge in [-0.3, -0.25) is 9.59 Å². The van der Waals surface area contributed by atoms with Crippen molar-refractivity contribution in [2.45, 2.75) is 19.4 Å². The Morgan fingerprint density at radius 3 is 1.92 bits per heavy atom. The number of aliphatic carboxylic acids is 1. The predicted octanol–water partition coefficient (Wildman–Crippen LogP) is 5.02. The molecule has 0 spiro atoms. The Bertz CT molecular complexity index is 1320. The normalized spacial score (nSPS) is 11.6. The molecule has 0 saturated carbocycles. The molecule has 12 heteroatoms. The summed E-state index contributed by atoms with van der Waals surface area (Å²) >= 11 is 6.05. The van der Waals surface area contributed by atoms with Crippen molar-refractivity contribution in [2.24, 2.45) is 0 Å². The van der Waals surface area contributed by atoms with Crippen molar-refractivity contribution >= 4 is 35.1 Å². The second-order valence-corrected chi connectivity index (χ2v) is 8.00. The summed E-state index contributed by atoms with van der Waals surface area (Å²) in [6.45, 7) is 1.63. The molecule has 1 atom stereocenters. The molecule has 1 unspecified atom stereocenters. The van der Waals surface area contributed by atoms with E-state index in [-0.39, 0.29) is 22.7 Å². The van der Waals surface area contributed by atoms with Gasteiger partial charge in [-0.15, -0.1) is 0 Å². The number of nitrogens with one attached hydrogen (secondary N) is 2. The highest BCUT2D eigenvalue weighted by molar-refractivity contribution is 6.34. The summed E-state index contributed by atoms with van der Waals surface area (Å²) in [6, 6.07) is 8.52. The van der Waals surface area contributed by atoms with Gasteiger partial charge in [-0.1, -0.05) is 35.9 Å². The smallest absolute Gasteiger partial charge is 0.326 e. The molecule has 0 aliphatic carbocycles. The lowest BCUT2D eigenvalue weighted by atomic mass is 10.0. The summed E-state index contributed by atoms with van der Waals surface area (Å²) in [4.78, 5) is 36.4. The van der Waals surface area contributed by atoms with E-state index in [2.05, 4.69) is 5.32 Å². The third kappa shape index (κ3) is 5.46. The minimum Gasteiger partial charge on any atom is -0.480 e. The first-order valence-corrected chi connectivity index (χ1v) is 10.5. The Labute approximate surface area is 205 Å². The van der Waals surface area contributed by atoms with Crippen LogP contribution in [0.25, 0.3) is 0 Å². The summed E-state index contributed by atoms with van der Waals surface area (Å²) in [5, 5.41) is 14.1. The first kappa shape index (κ1) is 26.6. The molecule has 188 valence electrons. The summed E-state index contributed by atoms with van der Waals surface area (Å²) in [5.41, 5.74) is -0.684. The second-order valence-electron chi connectivity index (χ2n) is 7.60. The predicted molar refractivity (Wildman–Crippen MR) is 119 cm³/mol. The SMILES string of the molecule is Cc1cccc(Cl)c1C(=O)NC(Cc1ccc(NC(=O)c2c(F)c(F)c(F)c(F)c2F)cc1)C(=O)O. The number of aryl methyl sites for hydroxylation is 1. The molecular formula is C24H16ClF5N2O4. The fourth-order valence-corrected chi connectivity index (χ4v) is 3.62. The molecule has 0 aromatic heterocycles. The maximum Gasteiger partial charge on any atom is 0.326 e. The number of carboxylic acid groups (broad SMARTS) is 1. The molecule has 0 aliphatic heterocycles. The molecule has 3 rings (SSSR count). The third-order valence-corrected chi connectivity index (χ3v) is 5.46. The molecule has 0 radical (unpaired) electrons. The van der Waals surface area contributed by atoms with Gasteiger partial charge >= 0.3 is 5.97 Å². The average molecular weight is 527 g/mol. The Kier molecular flexibility index (Phi) is 7.93. The van der Waals surface area contributed by atoms with E-state index in [0.29, 0.717) is 11.1 Å². The molecule has 3 aromatic carbocycles. The minimum atomic E-state index is -2.39. The van der Waals surface area contributed by atoms with Crippen molar-refractivity contribution in [3.05, 3.63) is 98.8 Å². The van der Waals surface area contributed by atoms with Crippen LogP contribution in [-0.2, 0) is 11.2 Å². The number of hydrogen-bond acceptors (Lipinski definition) is 3. The number of hydrogen-bond donors (Lipinski definition) is 3. The number of amides is 2. The number of benzene rings is 3. The number of carbonyl (C=O) groups excluding carboxylic acids is 2. The van der Waals surface area contributed by atoms with Gasteiger partial charge in [-0.05, 0) is 36.2 Å². The maximum atomic E-state index is 13.8. The molecule has 0 bridgehead atoms. The zero-order valence-electron chi connectivity index (χ0n) is 18.3. The van der Waals surface area contributed by atoms with Crippen molar-refractivity contribution < 1.29 is 41.4 Å². The Hall–Kier alpha value is -3.99. The molecule has 0 aliphatic rings. The van der Waals surface area contributed by atoms with Crippen LogP contribution in [0.5, 0.6) is 0 Å². The number of anilines is 1. The van der Waals surface area contributed by atoms with E-state index in [0.717, 1.165) is 0 Å². The molecule has 3 N–H and O–H groups in total. The lowest BCUT2D eigenvalue weighted by Crippen LogP contribution is -2.42. The van der Waals surface area contributed by atoms with Crippen LogP contribution in [0.3, 0.4) is 0 Å². The third-order valence-electron chi connectivity index (χ3n) is 5.14. The van der Waals surface area contributed by atoms with Gasteiger partial charge in [0.05, 0.1) is 10.6 Å². The van der Waals surface area contributed by atoms with Gasteiger partial charge in [0.1, 0.15) is 11.6 Å². The van der Waals surface area contributed by atoms with Crippen molar-refractivity contribution in [1.82, 2.24) is 5.32 Å². The first-order valence-electron chi connectivity index (χ1n) is 10.1. The minimum absolute atomic E-state index is 0.0738. The second kappa shape index (κ2) is 10.7. The monoisotopic (exact) mass is 526 g/mol. The Morgan fingerprint density at radius 1 is 0.833 bits per heavy atom. The number of halogens is 6. The van der Waals surface area contributed by atoms with E-state index < -0.39 is 58.5 Å². The highest BCUT2D eigenvalue weighted by Crippen LogP contribution is 2.24. The summed E-state index contributed by atoms with van der Waals surface area (Å²) < 4.78 is 67.6. The van der Waals surface area contributed by atoms with Gasteiger partial charge in [-0.25, -0.2) is 26.7 Å². The Balaban J connectivity index is 1.74. The Morgan fingerprint density at radius 2 is 1.39 bits per heavy atom. The summed E-state index contributed by atoms with van der Waals surface area (Å²) in [7, 11) is 0. The van der Waals surface area contributed by atoms with Crippen LogP contribution in [0.1, 0.15) is 31.8 Å². The van der Waals surface area contributed by atoms with Crippen molar-refractivity contribution in [2.75, 3.05) is 5.32 Å². The summed E-state index contributed by atoms with van der Waals surface area (Å²) in [6.07, 6.45) is -0.184. The highest BCUT2D eigenvalue weighted by Gasteiger charge is 2.30. The lowest BCUT2D eigenvalue weighted by molar-refractivity contribution is -0.139. The summed E-state index contributed by atoms with van der Waals surface area (Å²) in [5.74, 6) is -15.1. The molecular weight excluding hydrogens is 511 g/mol. The number of carboxylic acids is 1. The van der Waals surface area contributed by atoms with Gasteiger partial charge < -0.3 is 15.7 Å². The fourth-order valence-electron chi connectivity index (χ4n) is 3.31. The quantitative estimate of drug-likeness (QED) is 0.229. The van der Waals surface area contributed by atoms with Crippen LogP contribution in [-0.4, -0.2) is 28.9 Å². The van der Waals surface area contributed by atoms with Crippen molar-refractivity contribution in [3.63, 3.8) is 0 Å². The van der Waals surface area contributed by atoms with Crippen LogP contribution < -0.4 is 10.6 Å². The largest absolute Gasteiger partial charge is 0.480 e. The van der Waals surface area contributed by atoms with E-state index in [1.165, 1.54) is 30.3 Å². The maximum absolute atomic E-state index is 13.8. The zero-order chi connectivity index (χ0) is 26.7. The van der Waals surface area contributed by atoms with E-state index >= 15 is 0 Å². The zero-order valence-corrected chi connectivity index (χ0v) is 19.0. The van der Waals surface area contributed by atoms with E-state index in [9.17, 15) is 41.4 Å². The molecule has 0 heterocycles. The van der Waals surface area contributed by atoms with E-state index in [1.807, 2.05) is 5.32 Å².